The topological polar surface area (TPSA) is 80.9 Å². The molecule has 0 atom stereocenters. The summed E-state index contributed by atoms with van der Waals surface area (Å²) in [7, 11) is 1.63. The van der Waals surface area contributed by atoms with Crippen LogP contribution in [0.5, 0.6) is 5.75 Å². The van der Waals surface area contributed by atoms with Crippen LogP contribution in [0.1, 0.15) is 40.0 Å². The van der Waals surface area contributed by atoms with E-state index < -0.39 is 5.97 Å². The summed E-state index contributed by atoms with van der Waals surface area (Å²) in [6.07, 6.45) is 5.73. The van der Waals surface area contributed by atoms with E-state index in [4.69, 9.17) is 9.84 Å². The highest BCUT2D eigenvalue weighted by molar-refractivity contribution is 5.88. The number of allylic oxidation sites excluding steroid dienone is 1. The zero-order valence-corrected chi connectivity index (χ0v) is 14.8. The van der Waals surface area contributed by atoms with E-state index in [0.29, 0.717) is 23.3 Å². The van der Waals surface area contributed by atoms with Crippen LogP contribution in [0.3, 0.4) is 0 Å². The lowest BCUT2D eigenvalue weighted by molar-refractivity contribution is 0.0696. The number of pyridine rings is 1. The van der Waals surface area contributed by atoms with E-state index >= 15 is 0 Å². The number of rotatable bonds is 3. The van der Waals surface area contributed by atoms with E-state index in [0.717, 1.165) is 29.7 Å². The number of carboxylic acid groups (broad SMARTS) is 1. The minimum Gasteiger partial charge on any atom is -0.497 e. The van der Waals surface area contributed by atoms with Gasteiger partial charge in [0.25, 0.3) is 5.56 Å². The monoisotopic (exact) mass is 362 g/mol. The number of hydrogen-bond donors (Lipinski definition) is 1. The van der Waals surface area contributed by atoms with Gasteiger partial charge in [-0.05, 0) is 60.7 Å². The molecule has 0 aliphatic heterocycles. The Morgan fingerprint density at radius 2 is 1.96 bits per heavy atom. The van der Waals surface area contributed by atoms with Gasteiger partial charge >= 0.3 is 5.97 Å². The summed E-state index contributed by atoms with van der Waals surface area (Å²) >= 11 is 0. The number of aromatic nitrogens is 2. The van der Waals surface area contributed by atoms with Gasteiger partial charge in [-0.25, -0.2) is 9.78 Å². The number of carbonyl (C=O) groups is 1. The summed E-state index contributed by atoms with van der Waals surface area (Å²) in [5.41, 5.74) is 3.71. The van der Waals surface area contributed by atoms with Crippen molar-refractivity contribution in [3.05, 3.63) is 75.3 Å². The summed E-state index contributed by atoms with van der Waals surface area (Å²) in [5, 5.41) is 9.16. The van der Waals surface area contributed by atoms with Crippen molar-refractivity contribution in [1.82, 2.24) is 9.38 Å². The zero-order chi connectivity index (χ0) is 19.0. The molecule has 6 heteroatoms. The molecule has 6 nitrogen and oxygen atoms in total. The molecule has 27 heavy (non-hydrogen) atoms. The third-order valence-corrected chi connectivity index (χ3v) is 4.80. The quantitative estimate of drug-likeness (QED) is 0.773. The van der Waals surface area contributed by atoms with Crippen molar-refractivity contribution in [3.63, 3.8) is 0 Å². The number of carboxylic acids is 1. The number of fused-ring (bicyclic) bond motifs is 2. The number of hydrogen-bond acceptors (Lipinski definition) is 4. The second-order valence-corrected chi connectivity index (χ2v) is 6.49. The van der Waals surface area contributed by atoms with Gasteiger partial charge in [0, 0.05) is 11.8 Å². The van der Waals surface area contributed by atoms with Crippen LogP contribution in [0, 0.1) is 0 Å². The van der Waals surface area contributed by atoms with Crippen molar-refractivity contribution in [2.45, 2.75) is 19.3 Å². The summed E-state index contributed by atoms with van der Waals surface area (Å²) in [4.78, 5) is 28.8. The second kappa shape index (κ2) is 6.72. The summed E-state index contributed by atoms with van der Waals surface area (Å²) in [6.45, 7) is 0. The predicted octanol–water partition coefficient (Wildman–Crippen LogP) is 3.28. The molecule has 3 aromatic rings. The first kappa shape index (κ1) is 17.0. The van der Waals surface area contributed by atoms with Crippen molar-refractivity contribution < 1.29 is 14.6 Å². The molecule has 1 N–H and O–H groups in total. The minimum atomic E-state index is -1.07. The highest BCUT2D eigenvalue weighted by atomic mass is 16.5. The van der Waals surface area contributed by atoms with Gasteiger partial charge in [-0.3, -0.25) is 9.20 Å². The average molecular weight is 362 g/mol. The fourth-order valence-corrected chi connectivity index (χ4v) is 3.41. The lowest BCUT2D eigenvalue weighted by Gasteiger charge is -2.18. The molecule has 0 radical (unpaired) electrons. The molecule has 1 aliphatic rings. The molecule has 1 aromatic carbocycles. The third kappa shape index (κ3) is 3.10. The molecule has 0 saturated carbocycles. The highest BCUT2D eigenvalue weighted by Gasteiger charge is 2.21. The van der Waals surface area contributed by atoms with Crippen molar-refractivity contribution in [3.8, 4) is 5.75 Å². The zero-order valence-electron chi connectivity index (χ0n) is 14.8. The largest absolute Gasteiger partial charge is 0.497 e. The smallest absolute Gasteiger partial charge is 0.337 e. The van der Waals surface area contributed by atoms with E-state index in [1.807, 2.05) is 30.3 Å². The second-order valence-electron chi connectivity index (χ2n) is 6.49. The first-order valence-electron chi connectivity index (χ1n) is 8.70. The Balaban J connectivity index is 1.85. The van der Waals surface area contributed by atoms with Gasteiger partial charge in [0.15, 0.2) is 0 Å². The Labute approximate surface area is 155 Å². The summed E-state index contributed by atoms with van der Waals surface area (Å²) in [5.74, 6) is -0.278. The number of aromatic carboxylic acids is 1. The molecular weight excluding hydrogens is 344 g/mol. The fourth-order valence-electron chi connectivity index (χ4n) is 3.41. The molecular formula is C21H18N2O4. The van der Waals surface area contributed by atoms with Gasteiger partial charge in [-0.1, -0.05) is 12.1 Å². The first-order valence-corrected chi connectivity index (χ1v) is 8.70. The standard InChI is InChI=1S/C21H18N2O4/c1-27-16-8-5-13(6-9-16)11-14-3-2-4-17-19(14)22-18-10-7-15(21(25)26)12-23(18)20(17)24/h5-12H,2-4H2,1H3,(H,25,26)/b14-11-. The van der Waals surface area contributed by atoms with E-state index in [-0.39, 0.29) is 11.1 Å². The fraction of sp³-hybridized carbons (Fsp3) is 0.190. The molecule has 136 valence electrons. The summed E-state index contributed by atoms with van der Waals surface area (Å²) < 4.78 is 6.52. The van der Waals surface area contributed by atoms with Gasteiger partial charge in [0.1, 0.15) is 11.4 Å². The van der Waals surface area contributed by atoms with Gasteiger partial charge in [-0.2, -0.15) is 0 Å². The first-order chi connectivity index (χ1) is 13.1. The molecule has 1 aliphatic carbocycles. The van der Waals surface area contributed by atoms with Crippen LogP contribution < -0.4 is 10.3 Å². The lowest BCUT2D eigenvalue weighted by atomic mass is 9.91. The van der Waals surface area contributed by atoms with Crippen LogP contribution in [0.2, 0.25) is 0 Å². The van der Waals surface area contributed by atoms with Crippen molar-refractivity contribution in [1.29, 1.82) is 0 Å². The number of ether oxygens (including phenoxy) is 1. The molecule has 2 heterocycles. The van der Waals surface area contributed by atoms with Crippen LogP contribution in [0.25, 0.3) is 17.3 Å². The molecule has 0 unspecified atom stereocenters. The summed E-state index contributed by atoms with van der Waals surface area (Å²) in [6, 6.07) is 10.8. The maximum absolute atomic E-state index is 12.9. The van der Waals surface area contributed by atoms with Gasteiger partial charge in [0.2, 0.25) is 0 Å². The van der Waals surface area contributed by atoms with Crippen LogP contribution in [0.4, 0.5) is 0 Å². The normalized spacial score (nSPS) is 14.9. The Morgan fingerprint density at radius 3 is 2.67 bits per heavy atom. The molecule has 0 bridgehead atoms. The SMILES string of the molecule is COc1ccc(/C=C2/CCCc3c2nc2ccc(C(=O)O)cn2c3=O)cc1. The molecule has 2 aromatic heterocycles. The maximum atomic E-state index is 12.9. The van der Waals surface area contributed by atoms with Crippen molar-refractivity contribution in [2.24, 2.45) is 0 Å². The Bertz CT molecular complexity index is 1130. The molecule has 0 saturated heterocycles. The van der Waals surface area contributed by atoms with Gasteiger partial charge < -0.3 is 9.84 Å². The molecule has 4 rings (SSSR count). The Morgan fingerprint density at radius 1 is 1.19 bits per heavy atom. The number of nitrogens with zero attached hydrogens (tertiary/aromatic N) is 2. The maximum Gasteiger partial charge on any atom is 0.337 e. The van der Waals surface area contributed by atoms with E-state index in [2.05, 4.69) is 4.98 Å². The van der Waals surface area contributed by atoms with Crippen LogP contribution in [0.15, 0.2) is 47.4 Å². The number of methoxy groups -OCH3 is 1. The van der Waals surface area contributed by atoms with E-state index in [9.17, 15) is 9.59 Å². The predicted molar refractivity (Wildman–Crippen MR) is 102 cm³/mol. The highest BCUT2D eigenvalue weighted by Crippen LogP contribution is 2.30. The lowest BCUT2D eigenvalue weighted by Crippen LogP contribution is -2.25. The Kier molecular flexibility index (Phi) is 4.24. The number of benzene rings is 1. The van der Waals surface area contributed by atoms with Crippen LogP contribution in [-0.2, 0) is 6.42 Å². The average Bonchev–Trinajstić information content (AvgIpc) is 2.69. The van der Waals surface area contributed by atoms with Gasteiger partial charge in [0.05, 0.1) is 18.4 Å². The minimum absolute atomic E-state index is 0.0659. The van der Waals surface area contributed by atoms with Crippen LogP contribution in [-0.4, -0.2) is 27.6 Å². The van der Waals surface area contributed by atoms with E-state index in [1.165, 1.54) is 16.7 Å². The van der Waals surface area contributed by atoms with Gasteiger partial charge in [-0.15, -0.1) is 0 Å². The van der Waals surface area contributed by atoms with Crippen LogP contribution >= 0.6 is 0 Å². The van der Waals surface area contributed by atoms with Crippen molar-refractivity contribution >= 4 is 23.3 Å². The molecule has 0 fully saturated rings. The molecule has 0 spiro atoms. The third-order valence-electron chi connectivity index (χ3n) is 4.80. The van der Waals surface area contributed by atoms with E-state index in [1.54, 1.807) is 13.2 Å². The Hall–Kier alpha value is -3.41. The van der Waals surface area contributed by atoms with Crippen molar-refractivity contribution in [2.75, 3.05) is 7.11 Å². The molecule has 0 amide bonds.